The minimum absolute atomic E-state index is 0.0455. The second-order valence-corrected chi connectivity index (χ2v) is 5.37. The van der Waals surface area contributed by atoms with Crippen molar-refractivity contribution in [3.8, 4) is 11.5 Å². The maximum Gasteiger partial charge on any atom is 0.196 e. The SMILES string of the molecule is CCC(CC)COc1ccc(C(=O)c2ccccc2)c(O)c1. The number of carbonyl (C=O) groups is 1. The van der Waals surface area contributed by atoms with Crippen LogP contribution in [0.25, 0.3) is 0 Å². The molecule has 0 radical (unpaired) electrons. The van der Waals surface area contributed by atoms with E-state index in [2.05, 4.69) is 13.8 Å². The number of ether oxygens (including phenoxy) is 1. The first kappa shape index (κ1) is 16.1. The molecule has 0 aliphatic carbocycles. The van der Waals surface area contributed by atoms with Crippen molar-refractivity contribution < 1.29 is 14.6 Å². The van der Waals surface area contributed by atoms with Crippen molar-refractivity contribution in [2.75, 3.05) is 6.61 Å². The Morgan fingerprint density at radius 3 is 2.36 bits per heavy atom. The molecule has 0 aliphatic rings. The van der Waals surface area contributed by atoms with Crippen LogP contribution in [0.3, 0.4) is 0 Å². The quantitative estimate of drug-likeness (QED) is 0.769. The summed E-state index contributed by atoms with van der Waals surface area (Å²) in [5, 5.41) is 10.1. The lowest BCUT2D eigenvalue weighted by Gasteiger charge is -2.14. The van der Waals surface area contributed by atoms with Gasteiger partial charge in [-0.2, -0.15) is 0 Å². The average molecular weight is 298 g/mol. The first-order valence-electron chi connectivity index (χ1n) is 7.71. The second-order valence-electron chi connectivity index (χ2n) is 5.37. The molecule has 0 saturated heterocycles. The summed E-state index contributed by atoms with van der Waals surface area (Å²) in [7, 11) is 0. The minimum Gasteiger partial charge on any atom is -0.507 e. The van der Waals surface area contributed by atoms with Gasteiger partial charge in [0, 0.05) is 11.6 Å². The maximum absolute atomic E-state index is 12.3. The Bertz CT molecular complexity index is 616. The molecular weight excluding hydrogens is 276 g/mol. The van der Waals surface area contributed by atoms with E-state index in [1.54, 1.807) is 36.4 Å². The van der Waals surface area contributed by atoms with Gasteiger partial charge in [-0.05, 0) is 18.1 Å². The van der Waals surface area contributed by atoms with Gasteiger partial charge in [0.15, 0.2) is 5.78 Å². The molecule has 0 bridgehead atoms. The number of hydrogen-bond donors (Lipinski definition) is 1. The fourth-order valence-corrected chi connectivity index (χ4v) is 2.28. The third-order valence-corrected chi connectivity index (χ3v) is 3.89. The zero-order chi connectivity index (χ0) is 15.9. The molecular formula is C19H22O3. The van der Waals surface area contributed by atoms with E-state index in [1.165, 1.54) is 6.07 Å². The monoisotopic (exact) mass is 298 g/mol. The highest BCUT2D eigenvalue weighted by Crippen LogP contribution is 2.26. The fraction of sp³-hybridized carbons (Fsp3) is 0.316. The van der Waals surface area contributed by atoms with E-state index in [0.29, 0.717) is 29.4 Å². The van der Waals surface area contributed by atoms with Crippen molar-refractivity contribution in [2.24, 2.45) is 5.92 Å². The van der Waals surface area contributed by atoms with Crippen molar-refractivity contribution in [1.82, 2.24) is 0 Å². The Morgan fingerprint density at radius 2 is 1.77 bits per heavy atom. The van der Waals surface area contributed by atoms with Crippen LogP contribution in [0.5, 0.6) is 11.5 Å². The van der Waals surface area contributed by atoms with Crippen LogP contribution < -0.4 is 4.74 Å². The van der Waals surface area contributed by atoms with Gasteiger partial charge in [-0.25, -0.2) is 0 Å². The molecule has 0 aliphatic heterocycles. The molecule has 2 aromatic rings. The van der Waals surface area contributed by atoms with E-state index in [4.69, 9.17) is 4.74 Å². The molecule has 0 saturated carbocycles. The van der Waals surface area contributed by atoms with Gasteiger partial charge in [0.05, 0.1) is 12.2 Å². The van der Waals surface area contributed by atoms with E-state index in [1.807, 2.05) is 6.07 Å². The Morgan fingerprint density at radius 1 is 1.09 bits per heavy atom. The topological polar surface area (TPSA) is 46.5 Å². The molecule has 3 heteroatoms. The van der Waals surface area contributed by atoms with Crippen LogP contribution in [-0.2, 0) is 0 Å². The lowest BCUT2D eigenvalue weighted by molar-refractivity contribution is 0.103. The van der Waals surface area contributed by atoms with Crippen LogP contribution in [0.1, 0.15) is 42.6 Å². The highest BCUT2D eigenvalue weighted by Gasteiger charge is 2.14. The van der Waals surface area contributed by atoms with Crippen LogP contribution in [0.4, 0.5) is 0 Å². The van der Waals surface area contributed by atoms with Crippen molar-refractivity contribution in [3.63, 3.8) is 0 Å². The molecule has 0 unspecified atom stereocenters. The van der Waals surface area contributed by atoms with Crippen molar-refractivity contribution in [1.29, 1.82) is 0 Å². The number of carbonyl (C=O) groups excluding carboxylic acids is 1. The van der Waals surface area contributed by atoms with Gasteiger partial charge >= 0.3 is 0 Å². The molecule has 116 valence electrons. The third-order valence-electron chi connectivity index (χ3n) is 3.89. The average Bonchev–Trinajstić information content (AvgIpc) is 2.56. The van der Waals surface area contributed by atoms with E-state index < -0.39 is 0 Å². The summed E-state index contributed by atoms with van der Waals surface area (Å²) in [5.74, 6) is 0.863. The van der Waals surface area contributed by atoms with Gasteiger partial charge in [-0.15, -0.1) is 0 Å². The smallest absolute Gasteiger partial charge is 0.196 e. The molecule has 0 atom stereocenters. The van der Waals surface area contributed by atoms with Crippen LogP contribution in [0.2, 0.25) is 0 Å². The van der Waals surface area contributed by atoms with Gasteiger partial charge < -0.3 is 9.84 Å². The van der Waals surface area contributed by atoms with Crippen molar-refractivity contribution >= 4 is 5.78 Å². The number of ketones is 1. The standard InChI is InChI=1S/C19H22O3/c1-3-14(4-2)13-22-16-10-11-17(18(20)12-16)19(21)15-8-6-5-7-9-15/h5-12,14,20H,3-4,13H2,1-2H3. The van der Waals surface area contributed by atoms with Gasteiger partial charge in [0.25, 0.3) is 0 Å². The summed E-state index contributed by atoms with van der Waals surface area (Å²) in [6.07, 6.45) is 2.13. The van der Waals surface area contributed by atoms with Gasteiger partial charge in [0.2, 0.25) is 0 Å². The van der Waals surface area contributed by atoms with Crippen LogP contribution in [0, 0.1) is 5.92 Å². The minimum atomic E-state index is -0.190. The Kier molecular flexibility index (Phi) is 5.59. The Labute approximate surface area is 131 Å². The first-order chi connectivity index (χ1) is 10.7. The summed E-state index contributed by atoms with van der Waals surface area (Å²) in [4.78, 5) is 12.3. The summed E-state index contributed by atoms with van der Waals surface area (Å²) in [6, 6.07) is 13.8. The fourth-order valence-electron chi connectivity index (χ4n) is 2.28. The molecule has 22 heavy (non-hydrogen) atoms. The number of rotatable bonds is 7. The third kappa shape index (κ3) is 3.88. The summed E-state index contributed by atoms with van der Waals surface area (Å²) >= 11 is 0. The molecule has 0 amide bonds. The van der Waals surface area contributed by atoms with E-state index in [0.717, 1.165) is 12.8 Å². The number of phenolic OH excluding ortho intramolecular Hbond substituents is 1. The molecule has 0 fully saturated rings. The zero-order valence-electron chi connectivity index (χ0n) is 13.1. The highest BCUT2D eigenvalue weighted by atomic mass is 16.5. The second kappa shape index (κ2) is 7.64. The summed E-state index contributed by atoms with van der Waals surface area (Å²) in [6.45, 7) is 4.89. The molecule has 1 N–H and O–H groups in total. The predicted molar refractivity (Wildman–Crippen MR) is 87.5 cm³/mol. The van der Waals surface area contributed by atoms with E-state index >= 15 is 0 Å². The maximum atomic E-state index is 12.3. The van der Waals surface area contributed by atoms with Crippen LogP contribution in [-0.4, -0.2) is 17.5 Å². The Balaban J connectivity index is 2.11. The normalized spacial score (nSPS) is 10.7. The first-order valence-corrected chi connectivity index (χ1v) is 7.71. The van der Waals surface area contributed by atoms with Crippen LogP contribution >= 0.6 is 0 Å². The number of benzene rings is 2. The molecule has 0 heterocycles. The molecule has 3 nitrogen and oxygen atoms in total. The van der Waals surface area contributed by atoms with Gasteiger partial charge in [-0.1, -0.05) is 57.0 Å². The van der Waals surface area contributed by atoms with E-state index in [9.17, 15) is 9.90 Å². The summed E-state index contributed by atoms with van der Waals surface area (Å²) < 4.78 is 5.70. The lowest BCUT2D eigenvalue weighted by Crippen LogP contribution is -2.10. The molecule has 2 rings (SSSR count). The number of hydrogen-bond acceptors (Lipinski definition) is 3. The van der Waals surface area contributed by atoms with Crippen LogP contribution in [0.15, 0.2) is 48.5 Å². The zero-order valence-corrected chi connectivity index (χ0v) is 13.1. The number of phenols is 1. The van der Waals surface area contributed by atoms with Crippen molar-refractivity contribution in [3.05, 3.63) is 59.7 Å². The predicted octanol–water partition coefficient (Wildman–Crippen LogP) is 4.44. The van der Waals surface area contributed by atoms with Gasteiger partial charge in [0.1, 0.15) is 11.5 Å². The van der Waals surface area contributed by atoms with Crippen molar-refractivity contribution in [2.45, 2.75) is 26.7 Å². The summed E-state index contributed by atoms with van der Waals surface area (Å²) in [5.41, 5.74) is 0.851. The highest BCUT2D eigenvalue weighted by molar-refractivity contribution is 6.10. The molecule has 2 aromatic carbocycles. The largest absolute Gasteiger partial charge is 0.507 e. The van der Waals surface area contributed by atoms with E-state index in [-0.39, 0.29) is 11.5 Å². The lowest BCUT2D eigenvalue weighted by atomic mass is 10.0. The number of aromatic hydroxyl groups is 1. The molecule has 0 spiro atoms. The Hall–Kier alpha value is -2.29. The molecule has 0 aromatic heterocycles. The van der Waals surface area contributed by atoms with Gasteiger partial charge in [-0.3, -0.25) is 4.79 Å².